The lowest BCUT2D eigenvalue weighted by atomic mass is 10.1. The van der Waals surface area contributed by atoms with Gasteiger partial charge >= 0.3 is 0 Å². The zero-order valence-corrected chi connectivity index (χ0v) is 12.8. The summed E-state index contributed by atoms with van der Waals surface area (Å²) in [4.78, 5) is 2.37. The van der Waals surface area contributed by atoms with Crippen LogP contribution in [0.4, 0.5) is 10.1 Å². The molecule has 0 aliphatic rings. The maximum atomic E-state index is 13.6. The Kier molecular flexibility index (Phi) is 5.76. The number of hydrogen-bond donors (Lipinski definition) is 1. The monoisotopic (exact) mass is 286 g/mol. The number of benzene rings is 2. The quantitative estimate of drug-likeness (QED) is 0.817. The minimum Gasteiger partial charge on any atom is -0.381 e. The van der Waals surface area contributed by atoms with Crippen LogP contribution in [0.1, 0.15) is 25.0 Å². The first-order valence-corrected chi connectivity index (χ1v) is 7.51. The summed E-state index contributed by atoms with van der Waals surface area (Å²) in [5.41, 5.74) is 2.99. The smallest absolute Gasteiger partial charge is 0.128 e. The fourth-order valence-electron chi connectivity index (χ4n) is 2.32. The zero-order valence-electron chi connectivity index (χ0n) is 12.8. The van der Waals surface area contributed by atoms with Gasteiger partial charge in [-0.3, -0.25) is 4.90 Å². The van der Waals surface area contributed by atoms with Crippen molar-refractivity contribution in [2.24, 2.45) is 0 Å². The van der Waals surface area contributed by atoms with Crippen LogP contribution in [0.2, 0.25) is 0 Å². The highest BCUT2D eigenvalue weighted by atomic mass is 19.1. The van der Waals surface area contributed by atoms with Gasteiger partial charge < -0.3 is 5.32 Å². The summed E-state index contributed by atoms with van der Waals surface area (Å²) >= 11 is 0. The molecule has 2 aromatic rings. The molecule has 0 saturated heterocycles. The first-order valence-electron chi connectivity index (χ1n) is 7.51. The maximum absolute atomic E-state index is 13.6. The van der Waals surface area contributed by atoms with Gasteiger partial charge in [-0.2, -0.15) is 0 Å². The Morgan fingerprint density at radius 2 is 1.76 bits per heavy atom. The van der Waals surface area contributed by atoms with Crippen molar-refractivity contribution >= 4 is 5.69 Å². The van der Waals surface area contributed by atoms with E-state index in [0.717, 1.165) is 25.3 Å². The van der Waals surface area contributed by atoms with Crippen LogP contribution in [0.25, 0.3) is 0 Å². The molecule has 0 aliphatic heterocycles. The second-order valence-electron chi connectivity index (χ2n) is 5.11. The zero-order chi connectivity index (χ0) is 15.1. The van der Waals surface area contributed by atoms with E-state index in [0.29, 0.717) is 12.1 Å². The van der Waals surface area contributed by atoms with Crippen LogP contribution in [0, 0.1) is 5.82 Å². The summed E-state index contributed by atoms with van der Waals surface area (Å²) < 4.78 is 13.6. The summed E-state index contributed by atoms with van der Waals surface area (Å²) in [6.45, 7) is 7.88. The predicted octanol–water partition coefficient (Wildman–Crippen LogP) is 4.28. The van der Waals surface area contributed by atoms with Crippen molar-refractivity contribution in [3.63, 3.8) is 0 Å². The third kappa shape index (κ3) is 4.57. The molecular formula is C18H23FN2. The van der Waals surface area contributed by atoms with Crippen molar-refractivity contribution in [2.45, 2.75) is 26.9 Å². The third-order valence-corrected chi connectivity index (χ3v) is 3.67. The number of rotatable bonds is 7. The fraction of sp³-hybridized carbons (Fsp3) is 0.333. The Morgan fingerprint density at radius 1 is 1.00 bits per heavy atom. The van der Waals surface area contributed by atoms with Crippen LogP contribution in [-0.4, -0.2) is 18.0 Å². The predicted molar refractivity (Wildman–Crippen MR) is 86.8 cm³/mol. The molecule has 0 bridgehead atoms. The van der Waals surface area contributed by atoms with Gasteiger partial charge in [0.05, 0.1) is 0 Å². The van der Waals surface area contributed by atoms with Crippen LogP contribution in [-0.2, 0) is 13.1 Å². The molecule has 0 unspecified atom stereocenters. The largest absolute Gasteiger partial charge is 0.381 e. The van der Waals surface area contributed by atoms with Gasteiger partial charge in [-0.15, -0.1) is 0 Å². The van der Waals surface area contributed by atoms with Crippen LogP contribution in [0.15, 0.2) is 48.5 Å². The second kappa shape index (κ2) is 7.79. The molecule has 0 atom stereocenters. The lowest BCUT2D eigenvalue weighted by Gasteiger charge is -2.18. The Balaban J connectivity index is 1.99. The minimum absolute atomic E-state index is 0.163. The van der Waals surface area contributed by atoms with E-state index in [-0.39, 0.29) is 5.82 Å². The number of anilines is 1. The Hall–Kier alpha value is -1.87. The summed E-state index contributed by atoms with van der Waals surface area (Å²) in [6, 6.07) is 15.2. The minimum atomic E-state index is -0.163. The van der Waals surface area contributed by atoms with Crippen molar-refractivity contribution in [3.05, 3.63) is 65.5 Å². The van der Waals surface area contributed by atoms with Crippen LogP contribution >= 0.6 is 0 Å². The topological polar surface area (TPSA) is 15.3 Å². The third-order valence-electron chi connectivity index (χ3n) is 3.67. The van der Waals surface area contributed by atoms with E-state index < -0.39 is 0 Å². The van der Waals surface area contributed by atoms with Gasteiger partial charge in [0, 0.05) is 24.3 Å². The molecule has 0 fully saturated rings. The molecule has 0 aliphatic carbocycles. The Bertz CT molecular complexity index is 565. The molecule has 0 heterocycles. The van der Waals surface area contributed by atoms with Gasteiger partial charge in [-0.05, 0) is 36.9 Å². The molecule has 3 heteroatoms. The van der Waals surface area contributed by atoms with E-state index in [1.54, 1.807) is 6.07 Å². The van der Waals surface area contributed by atoms with Crippen LogP contribution in [0.3, 0.4) is 0 Å². The van der Waals surface area contributed by atoms with Gasteiger partial charge in [0.1, 0.15) is 5.82 Å². The molecule has 0 aromatic heterocycles. The number of hydrogen-bond acceptors (Lipinski definition) is 2. The van der Waals surface area contributed by atoms with Crippen molar-refractivity contribution in [1.82, 2.24) is 4.90 Å². The Labute approximate surface area is 126 Å². The number of halogens is 1. The summed E-state index contributed by atoms with van der Waals surface area (Å²) in [6.07, 6.45) is 0. The van der Waals surface area contributed by atoms with Gasteiger partial charge in [-0.1, -0.05) is 44.2 Å². The molecule has 2 nitrogen and oxygen atoms in total. The molecule has 0 amide bonds. The number of nitrogens with one attached hydrogen (secondary N) is 1. The number of nitrogens with zero attached hydrogens (tertiary/aromatic N) is 1. The first kappa shape index (κ1) is 15.5. The van der Waals surface area contributed by atoms with Gasteiger partial charge in [0.2, 0.25) is 0 Å². The van der Waals surface area contributed by atoms with E-state index in [2.05, 4.69) is 36.2 Å². The lowest BCUT2D eigenvalue weighted by molar-refractivity contribution is 0.296. The lowest BCUT2D eigenvalue weighted by Crippen LogP contribution is -2.22. The standard InChI is InChI=1S/C18H23FN2/c1-3-21(4-2)14-15-8-7-10-17(12-15)20-13-16-9-5-6-11-18(16)19/h5-12,20H,3-4,13-14H2,1-2H3. The second-order valence-corrected chi connectivity index (χ2v) is 5.11. The molecule has 0 saturated carbocycles. The van der Waals surface area contributed by atoms with Crippen molar-refractivity contribution in [2.75, 3.05) is 18.4 Å². The van der Waals surface area contributed by atoms with Crippen molar-refractivity contribution in [1.29, 1.82) is 0 Å². The van der Waals surface area contributed by atoms with Gasteiger partial charge in [-0.25, -0.2) is 4.39 Å². The maximum Gasteiger partial charge on any atom is 0.128 e. The summed E-state index contributed by atoms with van der Waals surface area (Å²) in [5.74, 6) is -0.163. The van der Waals surface area contributed by atoms with Crippen molar-refractivity contribution in [3.8, 4) is 0 Å². The van der Waals surface area contributed by atoms with E-state index in [4.69, 9.17) is 0 Å². The average molecular weight is 286 g/mol. The SMILES string of the molecule is CCN(CC)Cc1cccc(NCc2ccccc2F)c1. The summed E-state index contributed by atoms with van der Waals surface area (Å²) in [5, 5.41) is 3.29. The van der Waals surface area contributed by atoms with Crippen molar-refractivity contribution < 1.29 is 4.39 Å². The van der Waals surface area contributed by atoms with E-state index >= 15 is 0 Å². The normalized spacial score (nSPS) is 10.9. The molecule has 2 rings (SSSR count). The van der Waals surface area contributed by atoms with Gasteiger partial charge in [0.25, 0.3) is 0 Å². The molecule has 0 spiro atoms. The molecule has 1 N–H and O–H groups in total. The molecule has 0 radical (unpaired) electrons. The van der Waals surface area contributed by atoms with Crippen LogP contribution < -0.4 is 5.32 Å². The highest BCUT2D eigenvalue weighted by Crippen LogP contribution is 2.15. The summed E-state index contributed by atoms with van der Waals surface area (Å²) in [7, 11) is 0. The van der Waals surface area contributed by atoms with Gasteiger partial charge in [0.15, 0.2) is 0 Å². The highest BCUT2D eigenvalue weighted by molar-refractivity contribution is 5.46. The molecular weight excluding hydrogens is 263 g/mol. The molecule has 21 heavy (non-hydrogen) atoms. The average Bonchev–Trinajstić information content (AvgIpc) is 2.52. The van der Waals surface area contributed by atoms with E-state index in [1.807, 2.05) is 24.3 Å². The Morgan fingerprint density at radius 3 is 2.48 bits per heavy atom. The molecule has 112 valence electrons. The molecule has 2 aromatic carbocycles. The first-order chi connectivity index (χ1) is 10.2. The highest BCUT2D eigenvalue weighted by Gasteiger charge is 2.03. The van der Waals surface area contributed by atoms with Crippen LogP contribution in [0.5, 0.6) is 0 Å². The van der Waals surface area contributed by atoms with E-state index in [1.165, 1.54) is 11.6 Å². The van der Waals surface area contributed by atoms with E-state index in [9.17, 15) is 4.39 Å². The fourth-order valence-corrected chi connectivity index (χ4v) is 2.32.